The van der Waals surface area contributed by atoms with E-state index in [0.29, 0.717) is 13.0 Å². The van der Waals surface area contributed by atoms with E-state index >= 15 is 0 Å². The molecular formula is C12H16FN3O3. The van der Waals surface area contributed by atoms with Crippen molar-refractivity contribution in [3.8, 4) is 5.75 Å². The van der Waals surface area contributed by atoms with Gasteiger partial charge in [-0.2, -0.15) is 0 Å². The Kier molecular flexibility index (Phi) is 4.28. The summed E-state index contributed by atoms with van der Waals surface area (Å²) in [5.41, 5.74) is -0.0455. The topological polar surface area (TPSA) is 78.6 Å². The van der Waals surface area contributed by atoms with Crippen LogP contribution in [0.1, 0.15) is 5.56 Å². The summed E-state index contributed by atoms with van der Waals surface area (Å²) in [7, 11) is 0. The number of nitrogens with one attached hydrogen (secondary N) is 1. The molecule has 0 unspecified atom stereocenters. The minimum Gasteiger partial charge on any atom is -0.505 e. The van der Waals surface area contributed by atoms with Crippen LogP contribution >= 0.6 is 0 Å². The second kappa shape index (κ2) is 5.94. The molecule has 0 radical (unpaired) electrons. The summed E-state index contributed by atoms with van der Waals surface area (Å²) in [6, 6.07) is 1.98. The van der Waals surface area contributed by atoms with Crippen molar-refractivity contribution in [2.75, 3.05) is 32.7 Å². The standard InChI is InChI=1S/C12H16FN3O3/c13-11-8-10(16(18)19)7-9(12(11)17)1-4-15-5-2-14-3-6-15/h7-8,14,17H,1-6H2. The van der Waals surface area contributed by atoms with Gasteiger partial charge in [0, 0.05) is 44.4 Å². The maximum absolute atomic E-state index is 13.4. The van der Waals surface area contributed by atoms with Crippen LogP contribution in [0.25, 0.3) is 0 Å². The van der Waals surface area contributed by atoms with Gasteiger partial charge in [0.2, 0.25) is 0 Å². The molecule has 0 atom stereocenters. The van der Waals surface area contributed by atoms with Crippen molar-refractivity contribution in [2.24, 2.45) is 0 Å². The fourth-order valence-corrected chi connectivity index (χ4v) is 2.15. The molecular weight excluding hydrogens is 253 g/mol. The Labute approximate surface area is 110 Å². The van der Waals surface area contributed by atoms with Gasteiger partial charge in [-0.1, -0.05) is 0 Å². The summed E-state index contributed by atoms with van der Waals surface area (Å²) in [4.78, 5) is 12.2. The molecule has 0 bridgehead atoms. The van der Waals surface area contributed by atoms with Crippen LogP contribution in [0.5, 0.6) is 5.75 Å². The van der Waals surface area contributed by atoms with Crippen LogP contribution in [0.3, 0.4) is 0 Å². The van der Waals surface area contributed by atoms with Crippen molar-refractivity contribution in [1.82, 2.24) is 10.2 Å². The van der Waals surface area contributed by atoms with Gasteiger partial charge >= 0.3 is 0 Å². The predicted molar refractivity (Wildman–Crippen MR) is 67.7 cm³/mol. The van der Waals surface area contributed by atoms with Crippen molar-refractivity contribution >= 4 is 5.69 Å². The molecule has 1 aliphatic heterocycles. The molecule has 1 aromatic carbocycles. The monoisotopic (exact) mass is 269 g/mol. The van der Waals surface area contributed by atoms with E-state index in [1.54, 1.807) is 0 Å². The van der Waals surface area contributed by atoms with Crippen LogP contribution in [0.4, 0.5) is 10.1 Å². The Balaban J connectivity index is 2.08. The molecule has 19 heavy (non-hydrogen) atoms. The number of nitro groups is 1. The minimum absolute atomic E-state index is 0.283. The first-order chi connectivity index (χ1) is 9.08. The molecule has 6 nitrogen and oxygen atoms in total. The first kappa shape index (κ1) is 13.7. The molecule has 0 spiro atoms. The number of rotatable bonds is 4. The van der Waals surface area contributed by atoms with Gasteiger partial charge in [0.15, 0.2) is 11.6 Å². The van der Waals surface area contributed by atoms with Crippen molar-refractivity contribution in [1.29, 1.82) is 0 Å². The van der Waals surface area contributed by atoms with Gasteiger partial charge < -0.3 is 15.3 Å². The molecule has 2 rings (SSSR count). The van der Waals surface area contributed by atoms with E-state index in [9.17, 15) is 19.6 Å². The Bertz CT molecular complexity index is 476. The number of hydrogen-bond acceptors (Lipinski definition) is 5. The van der Waals surface area contributed by atoms with E-state index < -0.39 is 16.5 Å². The van der Waals surface area contributed by atoms with Crippen molar-refractivity contribution in [3.63, 3.8) is 0 Å². The van der Waals surface area contributed by atoms with Gasteiger partial charge in [0.05, 0.1) is 11.0 Å². The summed E-state index contributed by atoms with van der Waals surface area (Å²) in [6.07, 6.45) is 0.393. The second-order valence-electron chi connectivity index (χ2n) is 4.53. The highest BCUT2D eigenvalue weighted by Crippen LogP contribution is 2.27. The first-order valence-corrected chi connectivity index (χ1v) is 6.17. The molecule has 2 N–H and O–H groups in total. The number of non-ortho nitro benzene ring substituents is 1. The lowest BCUT2D eigenvalue weighted by atomic mass is 10.1. The van der Waals surface area contributed by atoms with E-state index in [4.69, 9.17) is 0 Å². The Morgan fingerprint density at radius 2 is 2.11 bits per heavy atom. The van der Waals surface area contributed by atoms with E-state index in [-0.39, 0.29) is 11.3 Å². The van der Waals surface area contributed by atoms with Crippen LogP contribution in [0, 0.1) is 15.9 Å². The third-order valence-corrected chi connectivity index (χ3v) is 3.24. The molecule has 1 aliphatic rings. The zero-order valence-electron chi connectivity index (χ0n) is 10.4. The van der Waals surface area contributed by atoms with Crippen LogP contribution < -0.4 is 5.32 Å². The van der Waals surface area contributed by atoms with E-state index in [1.165, 1.54) is 6.07 Å². The molecule has 0 saturated carbocycles. The van der Waals surface area contributed by atoms with E-state index in [0.717, 1.165) is 32.2 Å². The van der Waals surface area contributed by atoms with Crippen LogP contribution in [0.2, 0.25) is 0 Å². The van der Waals surface area contributed by atoms with Crippen LogP contribution in [-0.4, -0.2) is 47.7 Å². The number of aromatic hydroxyl groups is 1. The summed E-state index contributed by atoms with van der Waals surface area (Å²) in [5, 5.41) is 23.5. The molecule has 1 aromatic rings. The van der Waals surface area contributed by atoms with Crippen molar-refractivity contribution < 1.29 is 14.4 Å². The summed E-state index contributed by atoms with van der Waals surface area (Å²) in [6.45, 7) is 4.22. The molecule has 0 aromatic heterocycles. The summed E-state index contributed by atoms with van der Waals surface area (Å²) < 4.78 is 13.4. The SMILES string of the molecule is O=[N+]([O-])c1cc(F)c(O)c(CCN2CCNCC2)c1. The molecule has 0 amide bonds. The average Bonchev–Trinajstić information content (AvgIpc) is 2.41. The fraction of sp³-hybridized carbons (Fsp3) is 0.500. The lowest BCUT2D eigenvalue weighted by molar-refractivity contribution is -0.385. The summed E-state index contributed by atoms with van der Waals surface area (Å²) in [5.74, 6) is -1.43. The van der Waals surface area contributed by atoms with Crippen molar-refractivity contribution in [2.45, 2.75) is 6.42 Å². The molecule has 7 heteroatoms. The lowest BCUT2D eigenvalue weighted by Gasteiger charge is -2.27. The predicted octanol–water partition coefficient (Wildman–Crippen LogP) is 0.887. The van der Waals surface area contributed by atoms with Gasteiger partial charge in [-0.15, -0.1) is 0 Å². The normalized spacial score (nSPS) is 16.5. The van der Waals surface area contributed by atoms with Crippen LogP contribution in [-0.2, 0) is 6.42 Å². The maximum atomic E-state index is 13.4. The minimum atomic E-state index is -0.940. The van der Waals surface area contributed by atoms with Crippen molar-refractivity contribution in [3.05, 3.63) is 33.6 Å². The first-order valence-electron chi connectivity index (χ1n) is 6.17. The van der Waals surface area contributed by atoms with Gasteiger partial charge in [0.1, 0.15) is 0 Å². The van der Waals surface area contributed by atoms with Gasteiger partial charge in [-0.25, -0.2) is 4.39 Å². The largest absolute Gasteiger partial charge is 0.505 e. The third-order valence-electron chi connectivity index (χ3n) is 3.24. The Morgan fingerprint density at radius 3 is 2.74 bits per heavy atom. The number of phenolic OH excluding ortho intramolecular Hbond substituents is 1. The Hall–Kier alpha value is -1.73. The highest BCUT2D eigenvalue weighted by Gasteiger charge is 2.17. The number of benzene rings is 1. The number of nitrogens with zero attached hydrogens (tertiary/aromatic N) is 2. The summed E-state index contributed by atoms with van der Waals surface area (Å²) >= 11 is 0. The fourth-order valence-electron chi connectivity index (χ4n) is 2.15. The smallest absolute Gasteiger partial charge is 0.272 e. The number of phenols is 1. The van der Waals surface area contributed by atoms with Gasteiger partial charge in [-0.3, -0.25) is 10.1 Å². The molecule has 1 heterocycles. The number of halogens is 1. The van der Waals surface area contributed by atoms with Gasteiger partial charge in [-0.05, 0) is 6.42 Å². The number of nitro benzene ring substituents is 1. The molecule has 1 fully saturated rings. The molecule has 0 aliphatic carbocycles. The molecule has 104 valence electrons. The quantitative estimate of drug-likeness (QED) is 0.627. The number of hydrogen-bond donors (Lipinski definition) is 2. The number of piperazine rings is 1. The maximum Gasteiger partial charge on any atom is 0.272 e. The zero-order valence-corrected chi connectivity index (χ0v) is 10.4. The van der Waals surface area contributed by atoms with E-state index in [2.05, 4.69) is 10.2 Å². The molecule has 1 saturated heterocycles. The van der Waals surface area contributed by atoms with E-state index in [1.807, 2.05) is 0 Å². The van der Waals surface area contributed by atoms with Gasteiger partial charge in [0.25, 0.3) is 5.69 Å². The average molecular weight is 269 g/mol. The zero-order chi connectivity index (χ0) is 13.8. The Morgan fingerprint density at radius 1 is 1.42 bits per heavy atom. The second-order valence-corrected chi connectivity index (χ2v) is 4.53. The van der Waals surface area contributed by atoms with Crippen LogP contribution in [0.15, 0.2) is 12.1 Å². The highest BCUT2D eigenvalue weighted by atomic mass is 19.1. The highest BCUT2D eigenvalue weighted by molar-refractivity contribution is 5.44. The lowest BCUT2D eigenvalue weighted by Crippen LogP contribution is -2.44. The third kappa shape index (κ3) is 3.39.